The fourth-order valence-corrected chi connectivity index (χ4v) is 5.12. The number of nitrogens with one attached hydrogen (secondary N) is 1. The van der Waals surface area contributed by atoms with Crippen LogP contribution >= 0.6 is 0 Å². The van der Waals surface area contributed by atoms with Gasteiger partial charge in [-0.3, -0.25) is 19.0 Å². The highest BCUT2D eigenvalue weighted by Crippen LogP contribution is 2.29. The van der Waals surface area contributed by atoms with Gasteiger partial charge in [-0.1, -0.05) is 19.9 Å². The summed E-state index contributed by atoms with van der Waals surface area (Å²) in [6.45, 7) is 5.05. The summed E-state index contributed by atoms with van der Waals surface area (Å²) < 4.78 is 15.0. The molecule has 1 aliphatic heterocycles. The Morgan fingerprint density at radius 1 is 1.13 bits per heavy atom. The number of hydrogen-bond donors (Lipinski definition) is 1. The van der Waals surface area contributed by atoms with Gasteiger partial charge >= 0.3 is 6.09 Å². The highest BCUT2D eigenvalue weighted by atomic mass is 16.6. The number of pyridine rings is 1. The molecule has 1 aliphatic rings. The maximum absolute atomic E-state index is 13.7. The number of anilines is 1. The molecule has 254 valence electrons. The van der Waals surface area contributed by atoms with Crippen molar-refractivity contribution in [2.75, 3.05) is 40.1 Å². The summed E-state index contributed by atoms with van der Waals surface area (Å²) >= 11 is 0. The Labute approximate surface area is 274 Å². The molecule has 3 aromatic heterocycles. The number of hydrogen-bond acceptors (Lipinski definition) is 9. The third-order valence-corrected chi connectivity index (χ3v) is 7.82. The van der Waals surface area contributed by atoms with Crippen LogP contribution in [-0.2, 0) is 32.0 Å². The lowest BCUT2D eigenvalue weighted by atomic mass is 10.1. The van der Waals surface area contributed by atoms with Gasteiger partial charge < -0.3 is 29.2 Å². The molecule has 1 saturated heterocycles. The predicted octanol–water partition coefficient (Wildman–Crippen LogP) is 3.75. The van der Waals surface area contributed by atoms with E-state index in [4.69, 9.17) is 14.5 Å². The minimum Gasteiger partial charge on any atom is -0.436 e. The van der Waals surface area contributed by atoms with Crippen molar-refractivity contribution >= 4 is 34.8 Å². The van der Waals surface area contributed by atoms with Gasteiger partial charge in [0.05, 0.1) is 12.2 Å². The molecule has 0 radical (unpaired) electrons. The van der Waals surface area contributed by atoms with Gasteiger partial charge in [0, 0.05) is 41.0 Å². The monoisotopic (exact) mass is 650 g/mol. The number of carbonyl (C=O) groups excluding carboxylic acids is 3. The summed E-state index contributed by atoms with van der Waals surface area (Å²) in [7, 11) is 6.28. The zero-order valence-electron chi connectivity index (χ0n) is 28.1. The second kappa shape index (κ2) is 16.3. The van der Waals surface area contributed by atoms with Crippen LogP contribution < -0.4 is 10.9 Å². The number of amides is 3. The number of allylic oxidation sites excluding steroid dienone is 1. The first-order chi connectivity index (χ1) is 22.5. The molecule has 3 aromatic rings. The minimum atomic E-state index is -1.20. The van der Waals surface area contributed by atoms with Crippen molar-refractivity contribution in [3.63, 3.8) is 0 Å². The number of imidazole rings is 1. The maximum Gasteiger partial charge on any atom is 0.410 e. The molecule has 0 bridgehead atoms. The summed E-state index contributed by atoms with van der Waals surface area (Å²) in [6.07, 6.45) is 8.87. The molecule has 0 aliphatic carbocycles. The average Bonchev–Trinajstić information content (AvgIpc) is 3.41. The number of rotatable bonds is 13. The smallest absolute Gasteiger partial charge is 0.410 e. The molecule has 1 unspecified atom stereocenters. The van der Waals surface area contributed by atoms with E-state index in [1.807, 2.05) is 4.57 Å². The highest BCUT2D eigenvalue weighted by molar-refractivity contribution is 5.95. The zero-order chi connectivity index (χ0) is 34.1. The van der Waals surface area contributed by atoms with Crippen LogP contribution in [0, 0.1) is 5.92 Å². The number of aryl methyl sites for hydroxylation is 1. The molecule has 14 heteroatoms. The Hall–Kier alpha value is -4.59. The lowest BCUT2D eigenvalue weighted by molar-refractivity contribution is -0.125. The number of aromatic nitrogens is 5. The quantitative estimate of drug-likeness (QED) is 0.273. The van der Waals surface area contributed by atoms with Crippen molar-refractivity contribution in [2.45, 2.75) is 77.7 Å². The average molecular weight is 651 g/mol. The Morgan fingerprint density at radius 2 is 1.91 bits per heavy atom. The number of likely N-dealkylation sites (N-methyl/N-ethyl adjacent to an activating group) is 1. The SMILES string of the molecule is CC(C)CCc1ncnc2c1nc(Cn1cccc(NC(=O)[C@H](CC/C=C/C(=O)N(C)C)OC(=O)N(C)C)c1=O)n2C1CCCCO1. The van der Waals surface area contributed by atoms with Crippen LogP contribution in [0.2, 0.25) is 0 Å². The van der Waals surface area contributed by atoms with Gasteiger partial charge in [-0.15, -0.1) is 0 Å². The van der Waals surface area contributed by atoms with E-state index in [2.05, 4.69) is 29.1 Å². The molecule has 1 fully saturated rings. The summed E-state index contributed by atoms with van der Waals surface area (Å²) in [4.78, 5) is 68.0. The van der Waals surface area contributed by atoms with E-state index in [1.54, 1.807) is 38.8 Å². The lowest BCUT2D eigenvalue weighted by Gasteiger charge is -2.25. The Bertz CT molecular complexity index is 1640. The fraction of sp³-hybridized carbons (Fsp3) is 0.545. The molecule has 4 heterocycles. The largest absolute Gasteiger partial charge is 0.436 e. The molecule has 14 nitrogen and oxygen atoms in total. The molecule has 0 aromatic carbocycles. The number of nitrogens with zero attached hydrogens (tertiary/aromatic N) is 7. The topological polar surface area (TPSA) is 154 Å². The first-order valence-corrected chi connectivity index (χ1v) is 16.0. The normalized spacial score (nSPS) is 15.6. The maximum atomic E-state index is 13.7. The van der Waals surface area contributed by atoms with E-state index >= 15 is 0 Å². The van der Waals surface area contributed by atoms with Gasteiger partial charge in [-0.25, -0.2) is 19.7 Å². The van der Waals surface area contributed by atoms with E-state index in [0.29, 0.717) is 35.9 Å². The Balaban J connectivity index is 1.60. The van der Waals surface area contributed by atoms with Gasteiger partial charge in [0.2, 0.25) is 5.91 Å². The van der Waals surface area contributed by atoms with Gasteiger partial charge in [-0.05, 0) is 69.1 Å². The zero-order valence-corrected chi connectivity index (χ0v) is 28.1. The second-order valence-electron chi connectivity index (χ2n) is 12.5. The van der Waals surface area contributed by atoms with Crippen LogP contribution in [0.5, 0.6) is 0 Å². The summed E-state index contributed by atoms with van der Waals surface area (Å²) in [5.41, 5.74) is 1.79. The fourth-order valence-electron chi connectivity index (χ4n) is 5.12. The van der Waals surface area contributed by atoms with Gasteiger partial charge in [0.1, 0.15) is 29.6 Å². The predicted molar refractivity (Wildman–Crippen MR) is 177 cm³/mol. The summed E-state index contributed by atoms with van der Waals surface area (Å²) in [5, 5.41) is 2.65. The summed E-state index contributed by atoms with van der Waals surface area (Å²) in [6, 6.07) is 3.16. The van der Waals surface area contributed by atoms with Crippen molar-refractivity contribution in [3.8, 4) is 0 Å². The van der Waals surface area contributed by atoms with Crippen LogP contribution in [0.15, 0.2) is 41.6 Å². The van der Waals surface area contributed by atoms with Gasteiger partial charge in [0.25, 0.3) is 11.5 Å². The first kappa shape index (κ1) is 35.3. The molecule has 0 spiro atoms. The van der Waals surface area contributed by atoms with Crippen molar-refractivity contribution in [3.05, 3.63) is 58.7 Å². The van der Waals surface area contributed by atoms with Gasteiger partial charge in [-0.2, -0.15) is 0 Å². The minimum absolute atomic E-state index is 0.0238. The molecule has 1 N–H and O–H groups in total. The second-order valence-corrected chi connectivity index (χ2v) is 12.5. The molecule has 47 heavy (non-hydrogen) atoms. The van der Waals surface area contributed by atoms with Crippen LogP contribution in [0.25, 0.3) is 11.2 Å². The van der Waals surface area contributed by atoms with Crippen LogP contribution in [0.4, 0.5) is 10.5 Å². The van der Waals surface area contributed by atoms with Crippen molar-refractivity contribution in [1.82, 2.24) is 33.9 Å². The highest BCUT2D eigenvalue weighted by Gasteiger charge is 2.27. The Kier molecular flexibility index (Phi) is 12.2. The van der Waals surface area contributed by atoms with E-state index in [-0.39, 0.29) is 30.8 Å². The molecule has 2 atom stereocenters. The van der Waals surface area contributed by atoms with Crippen LogP contribution in [-0.4, -0.2) is 92.7 Å². The van der Waals surface area contributed by atoms with Crippen LogP contribution in [0.1, 0.15) is 70.1 Å². The van der Waals surface area contributed by atoms with E-state index in [0.717, 1.165) is 37.8 Å². The van der Waals surface area contributed by atoms with E-state index < -0.39 is 23.7 Å². The third kappa shape index (κ3) is 9.24. The third-order valence-electron chi connectivity index (χ3n) is 7.82. The van der Waals surface area contributed by atoms with Crippen LogP contribution in [0.3, 0.4) is 0 Å². The molecule has 0 saturated carbocycles. The van der Waals surface area contributed by atoms with Crippen molar-refractivity contribution in [1.29, 1.82) is 0 Å². The standard InChI is InChI=1S/C33H46N8O6/c1-22(2)16-17-23-29-30(35-21-34-23)41(28-15-9-10-19-46-28)26(37-29)20-40-18-11-12-24(32(40)44)36-31(43)25(47-33(45)39(5)6)13-7-8-14-27(42)38(3)4/h8,11-12,14,18,21-22,25,28H,7,9-10,13,15-17,19-20H2,1-6H3,(H,36,43)/b14-8+/t25-,28?/m0/s1. The molecular weight excluding hydrogens is 604 g/mol. The first-order valence-electron chi connectivity index (χ1n) is 16.0. The van der Waals surface area contributed by atoms with E-state index in [9.17, 15) is 19.2 Å². The molecule has 4 rings (SSSR count). The molecular formula is C33H46N8O6. The number of carbonyl (C=O) groups is 3. The van der Waals surface area contributed by atoms with Crippen molar-refractivity contribution < 1.29 is 23.9 Å². The number of ether oxygens (including phenoxy) is 2. The van der Waals surface area contributed by atoms with E-state index in [1.165, 1.54) is 40.6 Å². The molecule has 3 amide bonds. The Morgan fingerprint density at radius 3 is 2.60 bits per heavy atom. The summed E-state index contributed by atoms with van der Waals surface area (Å²) in [5.74, 6) is 0.231. The van der Waals surface area contributed by atoms with Crippen molar-refractivity contribution in [2.24, 2.45) is 5.92 Å². The lowest BCUT2D eigenvalue weighted by Crippen LogP contribution is -2.37. The number of fused-ring (bicyclic) bond motifs is 1. The van der Waals surface area contributed by atoms with Gasteiger partial charge in [0.15, 0.2) is 11.8 Å².